The second-order valence-corrected chi connectivity index (χ2v) is 5.65. The lowest BCUT2D eigenvalue weighted by atomic mass is 10.1. The molecule has 0 spiro atoms. The van der Waals surface area contributed by atoms with Crippen molar-refractivity contribution < 1.29 is 0 Å². The number of hydrogen-bond donors (Lipinski definition) is 0. The number of hydrogen-bond acceptors (Lipinski definition) is 1. The topological polar surface area (TPSA) is 18.8 Å². The first kappa shape index (κ1) is 19.8. The van der Waals surface area contributed by atoms with E-state index in [1.165, 1.54) is 0 Å². The summed E-state index contributed by atoms with van der Waals surface area (Å²) in [5.74, 6) is 0.974. The number of guanidine groups is 1. The van der Waals surface area contributed by atoms with Gasteiger partial charge in [0.15, 0.2) is 5.96 Å². The minimum atomic E-state index is 0. The van der Waals surface area contributed by atoms with Gasteiger partial charge in [-0.15, -0.1) is 24.0 Å². The van der Waals surface area contributed by atoms with E-state index in [9.17, 15) is 0 Å². The van der Waals surface area contributed by atoms with Crippen LogP contribution >= 0.6 is 47.2 Å². The molecule has 20 heavy (non-hydrogen) atoms. The van der Waals surface area contributed by atoms with Crippen molar-refractivity contribution >= 4 is 53.1 Å². The lowest BCUT2D eigenvalue weighted by molar-refractivity contribution is 0.479. The molecule has 0 aromatic heterocycles. The predicted octanol–water partition coefficient (Wildman–Crippen LogP) is 4.02. The van der Waals surface area contributed by atoms with Crippen LogP contribution in [0.1, 0.15) is 12.0 Å². The largest absolute Gasteiger partial charge is 0.349 e. The second kappa shape index (κ2) is 9.68. The van der Waals surface area contributed by atoms with Gasteiger partial charge in [-0.3, -0.25) is 4.99 Å². The maximum Gasteiger partial charge on any atom is 0.195 e. The van der Waals surface area contributed by atoms with Crippen molar-refractivity contribution in [2.45, 2.75) is 12.8 Å². The first-order chi connectivity index (χ1) is 8.91. The molecule has 0 N–H and O–H groups in total. The average Bonchev–Trinajstić information content (AvgIpc) is 2.30. The van der Waals surface area contributed by atoms with Crippen LogP contribution in [0, 0.1) is 0 Å². The van der Waals surface area contributed by atoms with Crippen LogP contribution < -0.4 is 0 Å². The summed E-state index contributed by atoms with van der Waals surface area (Å²) in [4.78, 5) is 8.60. The van der Waals surface area contributed by atoms with Crippen LogP contribution in [0.3, 0.4) is 0 Å². The van der Waals surface area contributed by atoms with E-state index in [4.69, 9.17) is 23.2 Å². The monoisotopic (exact) mass is 429 g/mol. The molecule has 0 bridgehead atoms. The molecule has 1 aromatic rings. The summed E-state index contributed by atoms with van der Waals surface area (Å²) in [6.45, 7) is 0.782. The van der Waals surface area contributed by atoms with Gasteiger partial charge >= 0.3 is 0 Å². The van der Waals surface area contributed by atoms with E-state index < -0.39 is 0 Å². The minimum Gasteiger partial charge on any atom is -0.349 e. The molecule has 1 rings (SSSR count). The molecule has 3 nitrogen and oxygen atoms in total. The van der Waals surface area contributed by atoms with Gasteiger partial charge in [0, 0.05) is 44.8 Å². The van der Waals surface area contributed by atoms with Crippen molar-refractivity contribution in [2.24, 2.45) is 4.99 Å². The van der Waals surface area contributed by atoms with Crippen LogP contribution in [-0.2, 0) is 6.42 Å². The third-order valence-corrected chi connectivity index (χ3v) is 3.26. The van der Waals surface area contributed by atoms with Crippen molar-refractivity contribution in [1.29, 1.82) is 0 Å². The highest BCUT2D eigenvalue weighted by Crippen LogP contribution is 2.21. The zero-order chi connectivity index (χ0) is 14.4. The van der Waals surface area contributed by atoms with Gasteiger partial charge < -0.3 is 9.80 Å². The lowest BCUT2D eigenvalue weighted by Crippen LogP contribution is -2.35. The fourth-order valence-corrected chi connectivity index (χ4v) is 2.36. The Morgan fingerprint density at radius 1 is 1.10 bits per heavy atom. The average molecular weight is 430 g/mol. The number of rotatable bonds is 4. The summed E-state index contributed by atoms with van der Waals surface area (Å²) in [5, 5.41) is 1.41. The van der Waals surface area contributed by atoms with Gasteiger partial charge in [-0.25, -0.2) is 0 Å². The van der Waals surface area contributed by atoms with Gasteiger partial charge in [-0.2, -0.15) is 0 Å². The minimum absolute atomic E-state index is 0. The third-order valence-electron chi connectivity index (χ3n) is 2.67. The van der Waals surface area contributed by atoms with Crippen LogP contribution in [0.25, 0.3) is 0 Å². The summed E-state index contributed by atoms with van der Waals surface area (Å²) in [7, 11) is 7.98. The van der Waals surface area contributed by atoms with E-state index in [0.29, 0.717) is 5.02 Å². The fourth-order valence-electron chi connectivity index (χ4n) is 1.86. The molecule has 0 heterocycles. The number of benzene rings is 1. The van der Waals surface area contributed by atoms with Crippen LogP contribution in [0.5, 0.6) is 0 Å². The van der Waals surface area contributed by atoms with Gasteiger partial charge in [-0.05, 0) is 30.5 Å². The molecule has 1 aromatic carbocycles. The van der Waals surface area contributed by atoms with E-state index in [0.717, 1.165) is 35.9 Å². The quantitative estimate of drug-likeness (QED) is 0.311. The molecule has 0 amide bonds. The van der Waals surface area contributed by atoms with Crippen molar-refractivity contribution in [1.82, 2.24) is 9.80 Å². The number of nitrogens with zero attached hydrogens (tertiary/aromatic N) is 3. The Kier molecular flexibility index (Phi) is 9.59. The molecule has 0 aliphatic carbocycles. The molecular weight excluding hydrogens is 408 g/mol. The highest BCUT2D eigenvalue weighted by Gasteiger charge is 2.04. The van der Waals surface area contributed by atoms with E-state index in [-0.39, 0.29) is 24.0 Å². The molecule has 0 aliphatic rings. The molecular formula is C14H22Cl2IN3. The molecule has 6 heteroatoms. The zero-order valence-corrected chi connectivity index (χ0v) is 16.2. The summed E-state index contributed by atoms with van der Waals surface area (Å²) < 4.78 is 0. The van der Waals surface area contributed by atoms with Crippen LogP contribution in [0.2, 0.25) is 10.0 Å². The summed E-state index contributed by atoms with van der Waals surface area (Å²) in [6, 6.07) is 5.64. The van der Waals surface area contributed by atoms with Gasteiger partial charge in [-0.1, -0.05) is 29.3 Å². The van der Waals surface area contributed by atoms with Gasteiger partial charge in [0.2, 0.25) is 0 Å². The van der Waals surface area contributed by atoms with E-state index in [1.807, 2.05) is 50.1 Å². The van der Waals surface area contributed by atoms with Gasteiger partial charge in [0.1, 0.15) is 0 Å². The first-order valence-corrected chi connectivity index (χ1v) is 7.00. The standard InChI is InChI=1S/C14H21Cl2N3.HI/c1-18(2)14(19(3)4)17-9-5-6-11-7-8-12(15)10-13(11)16;/h7-8,10H,5-6,9H2,1-4H3;1H. The molecule has 0 radical (unpaired) electrons. The number of halogens is 3. The van der Waals surface area contributed by atoms with Crippen molar-refractivity contribution in [3.63, 3.8) is 0 Å². The second-order valence-electron chi connectivity index (χ2n) is 4.81. The van der Waals surface area contributed by atoms with Gasteiger partial charge in [0.25, 0.3) is 0 Å². The first-order valence-electron chi connectivity index (χ1n) is 6.25. The van der Waals surface area contributed by atoms with Gasteiger partial charge in [0.05, 0.1) is 0 Å². The van der Waals surface area contributed by atoms with Crippen LogP contribution in [0.15, 0.2) is 23.2 Å². The highest BCUT2D eigenvalue weighted by molar-refractivity contribution is 14.0. The SMILES string of the molecule is CN(C)C(=NCCCc1ccc(Cl)cc1Cl)N(C)C.I. The highest BCUT2D eigenvalue weighted by atomic mass is 127. The predicted molar refractivity (Wildman–Crippen MR) is 99.9 cm³/mol. The van der Waals surface area contributed by atoms with E-state index in [1.54, 1.807) is 6.07 Å². The molecule has 0 saturated heterocycles. The van der Waals surface area contributed by atoms with E-state index >= 15 is 0 Å². The zero-order valence-electron chi connectivity index (χ0n) is 12.4. The Labute approximate surface area is 149 Å². The molecule has 0 aliphatic heterocycles. The summed E-state index contributed by atoms with van der Waals surface area (Å²) in [5.41, 5.74) is 1.12. The third kappa shape index (κ3) is 6.50. The molecule has 114 valence electrons. The normalized spacial score (nSPS) is 9.70. The Morgan fingerprint density at radius 3 is 2.20 bits per heavy atom. The Hall–Kier alpha value is -0.200. The maximum absolute atomic E-state index is 6.14. The summed E-state index contributed by atoms with van der Waals surface area (Å²) >= 11 is 12.0. The maximum atomic E-state index is 6.14. The molecule has 0 unspecified atom stereocenters. The van der Waals surface area contributed by atoms with Crippen LogP contribution in [0.4, 0.5) is 0 Å². The van der Waals surface area contributed by atoms with Crippen molar-refractivity contribution in [2.75, 3.05) is 34.7 Å². The summed E-state index contributed by atoms with van der Waals surface area (Å²) in [6.07, 6.45) is 1.88. The Balaban J connectivity index is 0.00000361. The van der Waals surface area contributed by atoms with Crippen LogP contribution in [-0.4, -0.2) is 50.5 Å². The number of aryl methyl sites for hydroxylation is 1. The Morgan fingerprint density at radius 2 is 1.70 bits per heavy atom. The Bertz CT molecular complexity index is 438. The molecule has 0 saturated carbocycles. The smallest absolute Gasteiger partial charge is 0.195 e. The van der Waals surface area contributed by atoms with Crippen molar-refractivity contribution in [3.05, 3.63) is 33.8 Å². The van der Waals surface area contributed by atoms with E-state index in [2.05, 4.69) is 4.99 Å². The number of aliphatic imine (C=N–C) groups is 1. The molecule has 0 fully saturated rings. The fraction of sp³-hybridized carbons (Fsp3) is 0.500. The molecule has 0 atom stereocenters. The van der Waals surface area contributed by atoms with Crippen molar-refractivity contribution in [3.8, 4) is 0 Å². The lowest BCUT2D eigenvalue weighted by Gasteiger charge is -2.22.